The van der Waals surface area contributed by atoms with Gasteiger partial charge in [0.15, 0.2) is 5.96 Å². The molecule has 0 fully saturated rings. The van der Waals surface area contributed by atoms with Crippen molar-refractivity contribution in [2.75, 3.05) is 46.9 Å². The summed E-state index contributed by atoms with van der Waals surface area (Å²) in [5.41, 5.74) is 0. The summed E-state index contributed by atoms with van der Waals surface area (Å²) in [5, 5.41) is 6.66. The molecular weight excluding hydrogens is 391 g/mol. The lowest BCUT2D eigenvalue weighted by atomic mass is 10.2. The molecule has 0 radical (unpaired) electrons. The molecular formula is C16H37IN4O. The first-order valence-electron chi connectivity index (χ1n) is 8.38. The smallest absolute Gasteiger partial charge is 0.191 e. The molecule has 0 aliphatic rings. The van der Waals surface area contributed by atoms with Crippen LogP contribution in [0.25, 0.3) is 0 Å². The van der Waals surface area contributed by atoms with E-state index in [9.17, 15) is 0 Å². The molecule has 0 aliphatic heterocycles. The molecule has 0 aromatic rings. The SMILES string of the molecule is CCCCOCCCNC(=NC)NCCN(C)C(C)CC.I. The van der Waals surface area contributed by atoms with Crippen molar-refractivity contribution in [2.24, 2.45) is 4.99 Å². The van der Waals surface area contributed by atoms with Crippen LogP contribution in [0.1, 0.15) is 46.5 Å². The van der Waals surface area contributed by atoms with E-state index >= 15 is 0 Å². The fourth-order valence-electron chi connectivity index (χ4n) is 1.83. The summed E-state index contributed by atoms with van der Waals surface area (Å²) in [7, 11) is 3.98. The molecule has 0 bridgehead atoms. The Morgan fingerprint density at radius 2 is 1.77 bits per heavy atom. The third-order valence-corrected chi connectivity index (χ3v) is 3.72. The largest absolute Gasteiger partial charge is 0.381 e. The predicted octanol–water partition coefficient (Wildman–Crippen LogP) is 2.71. The van der Waals surface area contributed by atoms with Crippen molar-refractivity contribution in [2.45, 2.75) is 52.5 Å². The first-order chi connectivity index (χ1) is 10.2. The molecule has 22 heavy (non-hydrogen) atoms. The van der Waals surface area contributed by atoms with Crippen LogP contribution in [0, 0.1) is 0 Å². The molecule has 0 spiro atoms. The van der Waals surface area contributed by atoms with Gasteiger partial charge >= 0.3 is 0 Å². The van der Waals surface area contributed by atoms with Crippen LogP contribution >= 0.6 is 24.0 Å². The van der Waals surface area contributed by atoms with E-state index in [-0.39, 0.29) is 24.0 Å². The minimum absolute atomic E-state index is 0. The van der Waals surface area contributed by atoms with Gasteiger partial charge in [0, 0.05) is 45.9 Å². The fraction of sp³-hybridized carbons (Fsp3) is 0.938. The second kappa shape index (κ2) is 17.3. The third kappa shape index (κ3) is 13.6. The molecule has 0 heterocycles. The van der Waals surface area contributed by atoms with Gasteiger partial charge in [-0.25, -0.2) is 0 Å². The minimum atomic E-state index is 0. The van der Waals surface area contributed by atoms with Gasteiger partial charge in [-0.1, -0.05) is 20.3 Å². The summed E-state index contributed by atoms with van der Waals surface area (Å²) in [6, 6.07) is 0.627. The van der Waals surface area contributed by atoms with E-state index in [4.69, 9.17) is 4.74 Å². The Kier molecular flexibility index (Phi) is 19.0. The third-order valence-electron chi connectivity index (χ3n) is 3.72. The topological polar surface area (TPSA) is 48.9 Å². The molecule has 0 aromatic heterocycles. The minimum Gasteiger partial charge on any atom is -0.381 e. The highest BCUT2D eigenvalue weighted by atomic mass is 127. The molecule has 2 N–H and O–H groups in total. The number of nitrogens with one attached hydrogen (secondary N) is 2. The molecule has 1 atom stereocenters. The Hall–Kier alpha value is -0.0800. The van der Waals surface area contributed by atoms with Gasteiger partial charge in [0.2, 0.25) is 0 Å². The van der Waals surface area contributed by atoms with E-state index in [2.05, 4.69) is 48.3 Å². The first-order valence-corrected chi connectivity index (χ1v) is 8.38. The summed E-state index contributed by atoms with van der Waals surface area (Å²) in [6.45, 7) is 11.2. The van der Waals surface area contributed by atoms with E-state index in [1.165, 1.54) is 12.8 Å². The number of aliphatic imine (C=N–C) groups is 1. The lowest BCUT2D eigenvalue weighted by molar-refractivity contribution is 0.129. The molecule has 5 nitrogen and oxygen atoms in total. The molecule has 0 saturated carbocycles. The number of hydrogen-bond acceptors (Lipinski definition) is 3. The summed E-state index contributed by atoms with van der Waals surface area (Å²) < 4.78 is 5.53. The maximum atomic E-state index is 5.53. The van der Waals surface area contributed by atoms with E-state index in [1.807, 2.05) is 7.05 Å². The number of unbranched alkanes of at least 4 members (excludes halogenated alkanes) is 1. The van der Waals surface area contributed by atoms with Crippen molar-refractivity contribution in [1.29, 1.82) is 0 Å². The van der Waals surface area contributed by atoms with Gasteiger partial charge in [-0.15, -0.1) is 24.0 Å². The Bertz CT molecular complexity index is 265. The Labute approximate surface area is 154 Å². The quantitative estimate of drug-likeness (QED) is 0.217. The molecule has 0 rings (SSSR count). The van der Waals surface area contributed by atoms with Crippen LogP contribution in [0.3, 0.4) is 0 Å². The van der Waals surface area contributed by atoms with Gasteiger partial charge in [0.1, 0.15) is 0 Å². The number of hydrogen-bond donors (Lipinski definition) is 2. The number of rotatable bonds is 12. The monoisotopic (exact) mass is 428 g/mol. The van der Waals surface area contributed by atoms with Crippen molar-refractivity contribution in [1.82, 2.24) is 15.5 Å². The van der Waals surface area contributed by atoms with Gasteiger partial charge in [0.25, 0.3) is 0 Å². The maximum Gasteiger partial charge on any atom is 0.191 e. The Morgan fingerprint density at radius 1 is 1.14 bits per heavy atom. The van der Waals surface area contributed by atoms with Crippen LogP contribution in [0.5, 0.6) is 0 Å². The highest BCUT2D eigenvalue weighted by Gasteiger charge is 2.06. The molecule has 0 amide bonds. The molecule has 0 saturated heterocycles. The number of halogens is 1. The molecule has 134 valence electrons. The molecule has 6 heteroatoms. The van der Waals surface area contributed by atoms with Crippen LogP contribution in [-0.2, 0) is 4.74 Å². The van der Waals surface area contributed by atoms with Crippen molar-refractivity contribution in [3.8, 4) is 0 Å². The number of likely N-dealkylation sites (N-methyl/N-ethyl adjacent to an activating group) is 1. The summed E-state index contributed by atoms with van der Waals surface area (Å²) in [6.07, 6.45) is 4.54. The summed E-state index contributed by atoms with van der Waals surface area (Å²) in [5.74, 6) is 0.876. The zero-order valence-corrected chi connectivity index (χ0v) is 17.5. The van der Waals surface area contributed by atoms with E-state index < -0.39 is 0 Å². The second-order valence-corrected chi connectivity index (χ2v) is 5.48. The molecule has 0 aromatic carbocycles. The Morgan fingerprint density at radius 3 is 2.36 bits per heavy atom. The van der Waals surface area contributed by atoms with Crippen molar-refractivity contribution in [3.05, 3.63) is 0 Å². The van der Waals surface area contributed by atoms with Crippen LogP contribution in [0.2, 0.25) is 0 Å². The average Bonchev–Trinajstić information content (AvgIpc) is 2.51. The highest BCUT2D eigenvalue weighted by Crippen LogP contribution is 1.98. The van der Waals surface area contributed by atoms with Crippen molar-refractivity contribution < 1.29 is 4.74 Å². The maximum absolute atomic E-state index is 5.53. The normalized spacial score (nSPS) is 12.9. The van der Waals surface area contributed by atoms with Crippen molar-refractivity contribution >= 4 is 29.9 Å². The molecule has 1 unspecified atom stereocenters. The van der Waals surface area contributed by atoms with Crippen LogP contribution in [0.4, 0.5) is 0 Å². The van der Waals surface area contributed by atoms with Crippen molar-refractivity contribution in [3.63, 3.8) is 0 Å². The van der Waals surface area contributed by atoms with Gasteiger partial charge < -0.3 is 20.3 Å². The van der Waals surface area contributed by atoms with E-state index in [0.29, 0.717) is 6.04 Å². The predicted molar refractivity (Wildman–Crippen MR) is 108 cm³/mol. The van der Waals surface area contributed by atoms with Crippen LogP contribution in [0.15, 0.2) is 4.99 Å². The lowest BCUT2D eigenvalue weighted by Gasteiger charge is -2.23. The van der Waals surface area contributed by atoms with Gasteiger partial charge in [-0.05, 0) is 33.2 Å². The molecule has 0 aliphatic carbocycles. The van der Waals surface area contributed by atoms with E-state index in [0.717, 1.165) is 51.6 Å². The summed E-state index contributed by atoms with van der Waals surface area (Å²) >= 11 is 0. The zero-order chi connectivity index (χ0) is 15.9. The number of guanidine groups is 1. The Balaban J connectivity index is 0. The van der Waals surface area contributed by atoms with E-state index in [1.54, 1.807) is 0 Å². The fourth-order valence-corrected chi connectivity index (χ4v) is 1.83. The average molecular weight is 428 g/mol. The zero-order valence-electron chi connectivity index (χ0n) is 15.2. The standard InChI is InChI=1S/C16H36N4O.HI/c1-6-8-13-21-14-9-10-18-16(17-4)19-11-12-20(5)15(3)7-2;/h15H,6-14H2,1-5H3,(H2,17,18,19);1H. The summed E-state index contributed by atoms with van der Waals surface area (Å²) in [4.78, 5) is 6.60. The highest BCUT2D eigenvalue weighted by molar-refractivity contribution is 14.0. The van der Waals surface area contributed by atoms with Gasteiger partial charge in [-0.3, -0.25) is 4.99 Å². The van der Waals surface area contributed by atoms with Gasteiger partial charge in [-0.2, -0.15) is 0 Å². The lowest BCUT2D eigenvalue weighted by Crippen LogP contribution is -2.42. The van der Waals surface area contributed by atoms with Gasteiger partial charge in [0.05, 0.1) is 0 Å². The van der Waals surface area contributed by atoms with Crippen LogP contribution < -0.4 is 10.6 Å². The number of nitrogens with zero attached hydrogens (tertiary/aromatic N) is 2. The first kappa shape index (κ1) is 24.2. The van der Waals surface area contributed by atoms with Crippen LogP contribution in [-0.4, -0.2) is 63.8 Å². The number of ether oxygens (including phenoxy) is 1. The second-order valence-electron chi connectivity index (χ2n) is 5.48.